The van der Waals surface area contributed by atoms with Gasteiger partial charge in [0.1, 0.15) is 0 Å². The third kappa shape index (κ3) is 7.71. The molecule has 0 spiro atoms. The molecule has 128 valence electrons. The topological polar surface area (TPSA) is 109 Å². The first-order valence-electron chi connectivity index (χ1n) is 7.97. The monoisotopic (exact) mass is 322 g/mol. The van der Waals surface area contributed by atoms with E-state index in [9.17, 15) is 14.8 Å². The molecule has 1 heterocycles. The highest BCUT2D eigenvalue weighted by Gasteiger charge is 2.19. The van der Waals surface area contributed by atoms with Crippen molar-refractivity contribution in [2.45, 2.75) is 45.1 Å². The minimum absolute atomic E-state index is 0.0327. The first-order chi connectivity index (χ1) is 11.0. The number of carbonyl (C=O) groups excluding carboxylic acids is 2. The molecule has 1 rings (SSSR count). The molecule has 0 bridgehead atoms. The van der Waals surface area contributed by atoms with E-state index < -0.39 is 11.9 Å². The summed E-state index contributed by atoms with van der Waals surface area (Å²) in [4.78, 5) is 27.6. The molecule has 1 aromatic rings. The second-order valence-corrected chi connectivity index (χ2v) is 5.38. The van der Waals surface area contributed by atoms with E-state index in [-0.39, 0.29) is 18.9 Å². The fourth-order valence-corrected chi connectivity index (χ4v) is 2.02. The molecule has 23 heavy (non-hydrogen) atoms. The summed E-state index contributed by atoms with van der Waals surface area (Å²) in [6, 6.07) is 4.89. The third-order valence-electron chi connectivity index (χ3n) is 3.42. The Bertz CT molecular complexity index is 481. The number of hydrogen-bond donors (Lipinski definition) is 3. The van der Waals surface area contributed by atoms with Crippen LogP contribution in [0.25, 0.3) is 0 Å². The lowest BCUT2D eigenvalue weighted by Crippen LogP contribution is -2.43. The Morgan fingerprint density at radius 3 is 2.87 bits per heavy atom. The number of rotatable bonds is 10. The van der Waals surface area contributed by atoms with Gasteiger partial charge in [0.05, 0.1) is 12.6 Å². The molecule has 7 nitrogen and oxygen atoms in total. The average Bonchev–Trinajstić information content (AvgIpc) is 2.57. The molecule has 2 amide bonds. The van der Waals surface area contributed by atoms with Crippen LogP contribution in [-0.2, 0) is 16.0 Å². The fourth-order valence-electron chi connectivity index (χ4n) is 2.02. The van der Waals surface area contributed by atoms with Crippen molar-refractivity contribution >= 4 is 11.8 Å². The van der Waals surface area contributed by atoms with Gasteiger partial charge in [0, 0.05) is 31.3 Å². The molecule has 1 aromatic heterocycles. The molecule has 1 atom stereocenters. The zero-order chi connectivity index (χ0) is 17.1. The Morgan fingerprint density at radius 2 is 2.22 bits per heavy atom. The van der Waals surface area contributed by atoms with E-state index in [0.29, 0.717) is 24.4 Å². The summed E-state index contributed by atoms with van der Waals surface area (Å²) in [5.41, 5.74) is 6.59. The van der Waals surface area contributed by atoms with Crippen LogP contribution in [0.2, 0.25) is 0 Å². The van der Waals surface area contributed by atoms with Crippen molar-refractivity contribution in [1.82, 2.24) is 15.4 Å². The standard InChI is InChI=1S/C16H26N4O3/c1-2-3-7-14(17)16(22)20(23)12-9-15(21)19-11-8-13-6-4-5-10-18-13/h4-6,10,14,23H,2-3,7-9,11-12,17H2,1H3,(H,19,21)/t14-/m0/s1. The van der Waals surface area contributed by atoms with Gasteiger partial charge in [-0.15, -0.1) is 0 Å². The van der Waals surface area contributed by atoms with Crippen molar-refractivity contribution in [3.05, 3.63) is 30.1 Å². The van der Waals surface area contributed by atoms with Gasteiger partial charge in [-0.05, 0) is 18.6 Å². The number of amides is 2. The summed E-state index contributed by atoms with van der Waals surface area (Å²) < 4.78 is 0. The summed E-state index contributed by atoms with van der Waals surface area (Å²) in [5.74, 6) is -0.769. The quantitative estimate of drug-likeness (QED) is 0.437. The number of aromatic nitrogens is 1. The third-order valence-corrected chi connectivity index (χ3v) is 3.42. The van der Waals surface area contributed by atoms with E-state index in [1.807, 2.05) is 25.1 Å². The predicted octanol–water partition coefficient (Wildman–Crippen LogP) is 0.866. The minimum atomic E-state index is -0.716. The van der Waals surface area contributed by atoms with Crippen molar-refractivity contribution in [2.75, 3.05) is 13.1 Å². The van der Waals surface area contributed by atoms with Gasteiger partial charge in [-0.1, -0.05) is 25.8 Å². The van der Waals surface area contributed by atoms with Crippen molar-refractivity contribution in [1.29, 1.82) is 0 Å². The number of carbonyl (C=O) groups is 2. The number of hydrogen-bond acceptors (Lipinski definition) is 5. The number of nitrogens with zero attached hydrogens (tertiary/aromatic N) is 2. The minimum Gasteiger partial charge on any atom is -0.356 e. The van der Waals surface area contributed by atoms with Crippen LogP contribution >= 0.6 is 0 Å². The van der Waals surface area contributed by atoms with Gasteiger partial charge in [-0.25, -0.2) is 5.06 Å². The van der Waals surface area contributed by atoms with Crippen LogP contribution in [0.1, 0.15) is 38.3 Å². The van der Waals surface area contributed by atoms with Crippen molar-refractivity contribution in [3.8, 4) is 0 Å². The van der Waals surface area contributed by atoms with Crippen LogP contribution in [0.15, 0.2) is 24.4 Å². The lowest BCUT2D eigenvalue weighted by Gasteiger charge is -2.19. The van der Waals surface area contributed by atoms with Gasteiger partial charge in [0.2, 0.25) is 5.91 Å². The Morgan fingerprint density at radius 1 is 1.43 bits per heavy atom. The molecule has 0 fully saturated rings. The Balaban J connectivity index is 2.20. The molecule has 0 saturated heterocycles. The smallest absolute Gasteiger partial charge is 0.262 e. The molecule has 0 aliphatic heterocycles. The van der Waals surface area contributed by atoms with Gasteiger partial charge in [0.25, 0.3) is 5.91 Å². The normalized spacial score (nSPS) is 11.8. The molecule has 0 aliphatic rings. The van der Waals surface area contributed by atoms with E-state index >= 15 is 0 Å². The highest BCUT2D eigenvalue weighted by Crippen LogP contribution is 2.02. The Kier molecular flexibility index (Phi) is 8.86. The van der Waals surface area contributed by atoms with Gasteiger partial charge in [-0.3, -0.25) is 19.8 Å². The molecule has 7 heteroatoms. The maximum Gasteiger partial charge on any atom is 0.262 e. The predicted molar refractivity (Wildman–Crippen MR) is 86.6 cm³/mol. The van der Waals surface area contributed by atoms with Crippen LogP contribution in [0.5, 0.6) is 0 Å². The lowest BCUT2D eigenvalue weighted by molar-refractivity contribution is -0.167. The first kappa shape index (κ1) is 19.1. The molecule has 0 radical (unpaired) electrons. The molecule has 0 aromatic carbocycles. The van der Waals surface area contributed by atoms with Gasteiger partial charge in [-0.2, -0.15) is 0 Å². The van der Waals surface area contributed by atoms with Gasteiger partial charge >= 0.3 is 0 Å². The number of unbranched alkanes of at least 4 members (excludes halogenated alkanes) is 1. The van der Waals surface area contributed by atoms with E-state index in [4.69, 9.17) is 5.73 Å². The van der Waals surface area contributed by atoms with Gasteiger partial charge < -0.3 is 11.1 Å². The van der Waals surface area contributed by atoms with Crippen LogP contribution in [0.3, 0.4) is 0 Å². The van der Waals surface area contributed by atoms with E-state index in [1.165, 1.54) is 0 Å². The largest absolute Gasteiger partial charge is 0.356 e. The molecule has 0 saturated carbocycles. The average molecular weight is 322 g/mol. The Hall–Kier alpha value is -1.99. The van der Waals surface area contributed by atoms with Gasteiger partial charge in [0.15, 0.2) is 0 Å². The van der Waals surface area contributed by atoms with Crippen LogP contribution in [-0.4, -0.2) is 46.2 Å². The number of nitrogens with one attached hydrogen (secondary N) is 1. The second kappa shape index (κ2) is 10.7. The van der Waals surface area contributed by atoms with Crippen molar-refractivity contribution < 1.29 is 14.8 Å². The number of nitrogens with two attached hydrogens (primary N) is 1. The lowest BCUT2D eigenvalue weighted by atomic mass is 10.1. The molecule has 4 N–H and O–H groups in total. The van der Waals surface area contributed by atoms with E-state index in [2.05, 4.69) is 10.3 Å². The summed E-state index contributed by atoms with van der Waals surface area (Å²) in [7, 11) is 0. The van der Waals surface area contributed by atoms with Crippen molar-refractivity contribution in [2.24, 2.45) is 5.73 Å². The van der Waals surface area contributed by atoms with Crippen LogP contribution in [0.4, 0.5) is 0 Å². The summed E-state index contributed by atoms with van der Waals surface area (Å²) in [5, 5.41) is 12.9. The van der Waals surface area contributed by atoms with E-state index in [1.54, 1.807) is 6.20 Å². The SMILES string of the molecule is CCCC[C@H](N)C(=O)N(O)CCC(=O)NCCc1ccccn1. The zero-order valence-corrected chi connectivity index (χ0v) is 13.6. The maximum atomic E-state index is 11.8. The summed E-state index contributed by atoms with van der Waals surface area (Å²) in [6.07, 6.45) is 4.66. The van der Waals surface area contributed by atoms with Crippen LogP contribution in [0, 0.1) is 0 Å². The summed E-state index contributed by atoms with van der Waals surface area (Å²) in [6.45, 7) is 2.41. The highest BCUT2D eigenvalue weighted by atomic mass is 16.5. The zero-order valence-electron chi connectivity index (χ0n) is 13.6. The molecular formula is C16H26N4O3. The number of hydroxylamine groups is 2. The first-order valence-corrected chi connectivity index (χ1v) is 7.97. The molecule has 0 aliphatic carbocycles. The molecule has 0 unspecified atom stereocenters. The van der Waals surface area contributed by atoms with E-state index in [0.717, 1.165) is 18.5 Å². The fraction of sp³-hybridized carbons (Fsp3) is 0.562. The van der Waals surface area contributed by atoms with Crippen LogP contribution < -0.4 is 11.1 Å². The second-order valence-electron chi connectivity index (χ2n) is 5.38. The molecular weight excluding hydrogens is 296 g/mol. The van der Waals surface area contributed by atoms with Crippen molar-refractivity contribution in [3.63, 3.8) is 0 Å². The summed E-state index contributed by atoms with van der Waals surface area (Å²) >= 11 is 0. The Labute approximate surface area is 136 Å². The highest BCUT2D eigenvalue weighted by molar-refractivity contribution is 5.81. The number of pyridine rings is 1. The maximum absolute atomic E-state index is 11.8.